The van der Waals surface area contributed by atoms with Crippen molar-refractivity contribution in [2.24, 2.45) is 5.10 Å². The van der Waals surface area contributed by atoms with Gasteiger partial charge in [0.15, 0.2) is 0 Å². The molecule has 7 heteroatoms. The van der Waals surface area contributed by atoms with Crippen LogP contribution in [0.3, 0.4) is 0 Å². The Morgan fingerprint density at radius 3 is 2.83 bits per heavy atom. The maximum absolute atomic E-state index is 12.1. The molecule has 126 valence electrons. The van der Waals surface area contributed by atoms with E-state index in [0.717, 1.165) is 29.6 Å². The Hall–Kier alpha value is -1.63. The number of carbonyl (C=O) groups excluding carboxylic acids is 1. The number of ether oxygens (including phenoxy) is 1. The van der Waals surface area contributed by atoms with Crippen molar-refractivity contribution >= 4 is 33.6 Å². The summed E-state index contributed by atoms with van der Waals surface area (Å²) in [5, 5.41) is 4.43. The van der Waals surface area contributed by atoms with Gasteiger partial charge in [-0.15, -0.1) is 0 Å². The van der Waals surface area contributed by atoms with Crippen molar-refractivity contribution in [3.05, 3.63) is 22.8 Å². The van der Waals surface area contributed by atoms with Gasteiger partial charge in [-0.1, -0.05) is 6.07 Å². The van der Waals surface area contributed by atoms with Crippen LogP contribution in [-0.4, -0.2) is 40.4 Å². The van der Waals surface area contributed by atoms with Crippen molar-refractivity contribution in [2.45, 2.75) is 45.6 Å². The first-order chi connectivity index (χ1) is 10.8. The molecule has 1 saturated heterocycles. The zero-order valence-electron chi connectivity index (χ0n) is 13.8. The first kappa shape index (κ1) is 17.7. The van der Waals surface area contributed by atoms with E-state index < -0.39 is 5.60 Å². The lowest BCUT2D eigenvalue weighted by molar-refractivity contribution is 0.0259. The lowest BCUT2D eigenvalue weighted by atomic mass is 10.2. The summed E-state index contributed by atoms with van der Waals surface area (Å²) in [5.41, 5.74) is 3.55. The number of amides is 1. The molecule has 0 aliphatic carbocycles. The Labute approximate surface area is 145 Å². The van der Waals surface area contributed by atoms with Gasteiger partial charge in [0, 0.05) is 25.2 Å². The maximum Gasteiger partial charge on any atom is 0.410 e. The van der Waals surface area contributed by atoms with Gasteiger partial charge >= 0.3 is 6.09 Å². The summed E-state index contributed by atoms with van der Waals surface area (Å²) >= 11 is 3.33. The number of likely N-dealkylation sites (tertiary alicyclic amines) is 1. The molecule has 2 rings (SSSR count). The molecule has 1 aromatic heterocycles. The summed E-state index contributed by atoms with van der Waals surface area (Å²) in [5.74, 6) is 0.695. The van der Waals surface area contributed by atoms with E-state index in [-0.39, 0.29) is 6.09 Å². The van der Waals surface area contributed by atoms with Gasteiger partial charge in [0.05, 0.1) is 0 Å². The third-order valence-corrected chi connectivity index (χ3v) is 3.70. The molecular weight excluding hydrogens is 360 g/mol. The molecule has 0 saturated carbocycles. The topological polar surface area (TPSA) is 66.8 Å². The Kier molecular flexibility index (Phi) is 5.98. The SMILES string of the molecule is CC(C)(C)OC(=O)N1CCC/C(=N/Nc2cccc(Br)n2)CC1. The fourth-order valence-electron chi connectivity index (χ4n) is 2.20. The van der Waals surface area contributed by atoms with E-state index in [0.29, 0.717) is 18.9 Å². The average molecular weight is 383 g/mol. The lowest BCUT2D eigenvalue weighted by Gasteiger charge is -2.26. The summed E-state index contributed by atoms with van der Waals surface area (Å²) in [6, 6.07) is 5.62. The molecule has 0 radical (unpaired) electrons. The van der Waals surface area contributed by atoms with Gasteiger partial charge in [-0.2, -0.15) is 5.10 Å². The minimum atomic E-state index is -0.464. The summed E-state index contributed by atoms with van der Waals surface area (Å²) in [4.78, 5) is 18.2. The predicted molar refractivity (Wildman–Crippen MR) is 94.7 cm³/mol. The molecule has 0 spiro atoms. The van der Waals surface area contributed by atoms with E-state index in [1.807, 2.05) is 39.0 Å². The molecule has 1 fully saturated rings. The fourth-order valence-corrected chi connectivity index (χ4v) is 2.55. The normalized spacial score (nSPS) is 17.7. The highest BCUT2D eigenvalue weighted by atomic mass is 79.9. The van der Waals surface area contributed by atoms with Crippen molar-refractivity contribution in [2.75, 3.05) is 18.5 Å². The highest BCUT2D eigenvalue weighted by Gasteiger charge is 2.23. The van der Waals surface area contributed by atoms with E-state index in [2.05, 4.69) is 31.4 Å². The van der Waals surface area contributed by atoms with Crippen LogP contribution in [0, 0.1) is 0 Å². The fraction of sp³-hybridized carbons (Fsp3) is 0.562. The van der Waals surface area contributed by atoms with Crippen LogP contribution in [0.5, 0.6) is 0 Å². The van der Waals surface area contributed by atoms with Gasteiger partial charge in [0.2, 0.25) is 0 Å². The second kappa shape index (κ2) is 7.77. The van der Waals surface area contributed by atoms with Crippen molar-refractivity contribution in [3.63, 3.8) is 0 Å². The van der Waals surface area contributed by atoms with Crippen LogP contribution in [-0.2, 0) is 4.74 Å². The number of nitrogens with zero attached hydrogens (tertiary/aromatic N) is 3. The molecule has 0 atom stereocenters. The number of carbonyl (C=O) groups is 1. The minimum absolute atomic E-state index is 0.250. The molecule has 0 bridgehead atoms. The second-order valence-corrected chi connectivity index (χ2v) is 7.27. The van der Waals surface area contributed by atoms with Crippen LogP contribution >= 0.6 is 15.9 Å². The third-order valence-electron chi connectivity index (χ3n) is 3.26. The molecular formula is C16H23BrN4O2. The summed E-state index contributed by atoms with van der Waals surface area (Å²) in [6.07, 6.45) is 2.23. The van der Waals surface area contributed by atoms with Crippen LogP contribution in [0.15, 0.2) is 27.9 Å². The van der Waals surface area contributed by atoms with Gasteiger partial charge < -0.3 is 9.64 Å². The highest BCUT2D eigenvalue weighted by molar-refractivity contribution is 9.10. The Morgan fingerprint density at radius 1 is 1.35 bits per heavy atom. The molecule has 1 amide bonds. The van der Waals surface area contributed by atoms with Crippen LogP contribution in [0.2, 0.25) is 0 Å². The summed E-state index contributed by atoms with van der Waals surface area (Å²) in [6.45, 7) is 6.96. The zero-order chi connectivity index (χ0) is 16.9. The molecule has 6 nitrogen and oxygen atoms in total. The molecule has 23 heavy (non-hydrogen) atoms. The number of anilines is 1. The smallest absolute Gasteiger partial charge is 0.410 e. The van der Waals surface area contributed by atoms with Crippen LogP contribution in [0.1, 0.15) is 40.0 Å². The van der Waals surface area contributed by atoms with Crippen LogP contribution in [0.4, 0.5) is 10.6 Å². The summed E-state index contributed by atoms with van der Waals surface area (Å²) in [7, 11) is 0. The average Bonchev–Trinajstić information content (AvgIpc) is 2.69. The summed E-state index contributed by atoms with van der Waals surface area (Å²) < 4.78 is 6.19. The molecule has 1 aliphatic heterocycles. The molecule has 0 aromatic carbocycles. The van der Waals surface area contributed by atoms with Gasteiger partial charge in [-0.25, -0.2) is 9.78 Å². The van der Waals surface area contributed by atoms with Crippen molar-refractivity contribution in [1.82, 2.24) is 9.88 Å². The van der Waals surface area contributed by atoms with E-state index in [1.54, 1.807) is 4.90 Å². The quantitative estimate of drug-likeness (QED) is 0.619. The largest absolute Gasteiger partial charge is 0.444 e. The molecule has 1 N–H and O–H groups in total. The standard InChI is InChI=1S/C16H23BrN4O2/c1-16(2,3)23-15(22)21-10-5-6-12(9-11-21)19-20-14-8-4-7-13(17)18-14/h4,7-8H,5-6,9-11H2,1-3H3,(H,18,20)/b19-12-. The zero-order valence-corrected chi connectivity index (χ0v) is 15.4. The van der Waals surface area contributed by atoms with E-state index in [9.17, 15) is 4.79 Å². The number of hydrazone groups is 1. The monoisotopic (exact) mass is 382 g/mol. The number of halogens is 1. The Morgan fingerprint density at radius 2 is 2.13 bits per heavy atom. The van der Waals surface area contributed by atoms with Gasteiger partial charge in [0.1, 0.15) is 16.0 Å². The van der Waals surface area contributed by atoms with Crippen molar-refractivity contribution in [3.8, 4) is 0 Å². The van der Waals surface area contributed by atoms with Gasteiger partial charge in [0.25, 0.3) is 0 Å². The third kappa shape index (κ3) is 6.17. The first-order valence-corrected chi connectivity index (χ1v) is 8.55. The lowest BCUT2D eigenvalue weighted by Crippen LogP contribution is -2.37. The maximum atomic E-state index is 12.1. The van der Waals surface area contributed by atoms with E-state index in [1.165, 1.54) is 0 Å². The number of hydrogen-bond donors (Lipinski definition) is 1. The molecule has 2 heterocycles. The van der Waals surface area contributed by atoms with Gasteiger partial charge in [-0.3, -0.25) is 5.43 Å². The minimum Gasteiger partial charge on any atom is -0.444 e. The number of aromatic nitrogens is 1. The van der Waals surface area contributed by atoms with E-state index >= 15 is 0 Å². The van der Waals surface area contributed by atoms with Crippen molar-refractivity contribution < 1.29 is 9.53 Å². The number of nitrogens with one attached hydrogen (secondary N) is 1. The second-order valence-electron chi connectivity index (χ2n) is 6.46. The Balaban J connectivity index is 1.90. The van der Waals surface area contributed by atoms with Gasteiger partial charge in [-0.05, 0) is 61.7 Å². The number of pyridine rings is 1. The highest BCUT2D eigenvalue weighted by Crippen LogP contribution is 2.15. The molecule has 1 aliphatic rings. The predicted octanol–water partition coefficient (Wildman–Crippen LogP) is 4.03. The van der Waals surface area contributed by atoms with E-state index in [4.69, 9.17) is 4.74 Å². The number of rotatable bonds is 2. The molecule has 0 unspecified atom stereocenters. The van der Waals surface area contributed by atoms with Crippen LogP contribution in [0.25, 0.3) is 0 Å². The number of hydrogen-bond acceptors (Lipinski definition) is 5. The Bertz CT molecular complexity index is 584. The first-order valence-electron chi connectivity index (χ1n) is 7.75. The van der Waals surface area contributed by atoms with Crippen molar-refractivity contribution in [1.29, 1.82) is 0 Å². The van der Waals surface area contributed by atoms with Crippen LogP contribution < -0.4 is 5.43 Å². The molecule has 1 aromatic rings.